The number of aliphatic hydroxyl groups excluding tert-OH is 1. The smallest absolute Gasteiger partial charge is 0.254 e. The van der Waals surface area contributed by atoms with Gasteiger partial charge in [0.05, 0.1) is 19.2 Å². The van der Waals surface area contributed by atoms with Gasteiger partial charge in [-0.1, -0.05) is 36.9 Å². The Balaban J connectivity index is 1.78. The number of rotatable bonds is 4. The maximum atomic E-state index is 12.0. The van der Waals surface area contributed by atoms with E-state index in [1.54, 1.807) is 4.90 Å². The van der Waals surface area contributed by atoms with E-state index in [-0.39, 0.29) is 24.7 Å². The number of aliphatic hydroxyl groups is 1. The molecule has 2 aliphatic heterocycles. The molecule has 2 aliphatic rings. The fourth-order valence-corrected chi connectivity index (χ4v) is 3.08. The lowest BCUT2D eigenvalue weighted by atomic mass is 9.88. The first-order chi connectivity index (χ1) is 10.2. The Morgan fingerprint density at radius 2 is 2.19 bits per heavy atom. The molecule has 21 heavy (non-hydrogen) atoms. The van der Waals surface area contributed by atoms with Crippen LogP contribution in [-0.2, 0) is 14.3 Å². The number of hydrogen-bond acceptors (Lipinski definition) is 4. The van der Waals surface area contributed by atoms with E-state index < -0.39 is 12.2 Å². The highest BCUT2D eigenvalue weighted by Crippen LogP contribution is 2.35. The average Bonchev–Trinajstić information content (AvgIpc) is 2.54. The number of methoxy groups -OCH3 is 1. The van der Waals surface area contributed by atoms with Crippen molar-refractivity contribution in [3.8, 4) is 0 Å². The fraction of sp³-hybridized carbons (Fsp3) is 0.438. The minimum absolute atomic E-state index is 0.0462. The van der Waals surface area contributed by atoms with Gasteiger partial charge in [0.2, 0.25) is 0 Å². The number of amides is 1. The van der Waals surface area contributed by atoms with E-state index in [9.17, 15) is 9.90 Å². The third-order valence-corrected chi connectivity index (χ3v) is 4.25. The second-order valence-electron chi connectivity index (χ2n) is 5.37. The molecule has 0 saturated carbocycles. The molecule has 2 heterocycles. The molecule has 0 aliphatic carbocycles. The highest BCUT2D eigenvalue weighted by molar-refractivity contribution is 5.89. The quantitative estimate of drug-likeness (QED) is 0.828. The molecule has 0 spiro atoms. The zero-order chi connectivity index (χ0) is 15.0. The van der Waals surface area contributed by atoms with Gasteiger partial charge in [-0.2, -0.15) is 0 Å². The Morgan fingerprint density at radius 3 is 2.81 bits per heavy atom. The number of carbonyl (C=O) groups is 1. The molecule has 1 aromatic rings. The Morgan fingerprint density at radius 1 is 1.48 bits per heavy atom. The number of carbonyl (C=O) groups excluding carboxylic acids is 1. The Bertz CT molecular complexity index is 544. The van der Waals surface area contributed by atoms with E-state index in [0.29, 0.717) is 6.54 Å². The molecule has 1 N–H and O–H groups in total. The second-order valence-corrected chi connectivity index (χ2v) is 5.37. The first kappa shape index (κ1) is 14.3. The zero-order valence-electron chi connectivity index (χ0n) is 11.9. The largest absolute Gasteiger partial charge is 0.394 e. The monoisotopic (exact) mass is 289 g/mol. The molecular weight excluding hydrogens is 270 g/mol. The number of β-lactam (4-membered cyclic amide) rings is 1. The van der Waals surface area contributed by atoms with Gasteiger partial charge >= 0.3 is 0 Å². The first-order valence-corrected chi connectivity index (χ1v) is 7.01. The van der Waals surface area contributed by atoms with Crippen molar-refractivity contribution >= 4 is 11.5 Å². The van der Waals surface area contributed by atoms with Crippen molar-refractivity contribution in [2.45, 2.75) is 24.4 Å². The number of fused-ring (bicyclic) bond motifs is 1. The van der Waals surface area contributed by atoms with Gasteiger partial charge in [0, 0.05) is 7.11 Å². The summed E-state index contributed by atoms with van der Waals surface area (Å²) in [5.41, 5.74) is 1.80. The molecular formula is C16H19NO4. The van der Waals surface area contributed by atoms with Crippen LogP contribution in [0.3, 0.4) is 0 Å². The summed E-state index contributed by atoms with van der Waals surface area (Å²) in [5.74, 6) is -0.0462. The third-order valence-electron chi connectivity index (χ3n) is 4.25. The summed E-state index contributed by atoms with van der Waals surface area (Å²) in [6.07, 6.45) is -1.25. The van der Waals surface area contributed by atoms with Gasteiger partial charge in [0.15, 0.2) is 6.10 Å². The molecule has 5 heteroatoms. The lowest BCUT2D eigenvalue weighted by molar-refractivity contribution is -0.211. The minimum Gasteiger partial charge on any atom is -0.394 e. The average molecular weight is 289 g/mol. The number of morpholine rings is 1. The summed E-state index contributed by atoms with van der Waals surface area (Å²) in [4.78, 5) is 13.7. The van der Waals surface area contributed by atoms with Crippen molar-refractivity contribution in [1.29, 1.82) is 0 Å². The standard InChI is InChI=1S/C16H19NO4/c1-10(11-6-4-3-5-7-11)12-8-17-14(13(9-18)21-12)15(20-2)16(17)19/h3-7,12-15,18H,1,8-9H2,2H3/t12-,13-,14+,15-/m1/s1. The number of benzene rings is 1. The maximum absolute atomic E-state index is 12.0. The fourth-order valence-electron chi connectivity index (χ4n) is 3.08. The van der Waals surface area contributed by atoms with Crippen LogP contribution in [0, 0.1) is 0 Å². The zero-order valence-corrected chi connectivity index (χ0v) is 11.9. The van der Waals surface area contributed by atoms with Crippen LogP contribution in [0.5, 0.6) is 0 Å². The normalized spacial score (nSPS) is 31.5. The molecule has 4 atom stereocenters. The van der Waals surface area contributed by atoms with Crippen LogP contribution < -0.4 is 0 Å². The van der Waals surface area contributed by atoms with Crippen LogP contribution in [-0.4, -0.2) is 60.5 Å². The molecule has 0 bridgehead atoms. The van der Waals surface area contributed by atoms with Crippen LogP contribution in [0.1, 0.15) is 5.56 Å². The predicted octanol–water partition coefficient (Wildman–Crippen LogP) is 0.685. The summed E-state index contributed by atoms with van der Waals surface area (Å²) in [6.45, 7) is 4.40. The van der Waals surface area contributed by atoms with Gasteiger partial charge < -0.3 is 19.5 Å². The van der Waals surface area contributed by atoms with E-state index in [2.05, 4.69) is 6.58 Å². The van der Waals surface area contributed by atoms with Crippen molar-refractivity contribution in [2.75, 3.05) is 20.3 Å². The highest BCUT2D eigenvalue weighted by atomic mass is 16.5. The molecule has 0 aromatic heterocycles. The SMILES string of the molecule is C=C(c1ccccc1)[C@H]1CN2C(=O)[C@H](OC)[C@@H]2[C@@H](CO)O1. The van der Waals surface area contributed by atoms with Crippen LogP contribution in [0.2, 0.25) is 0 Å². The number of nitrogens with zero attached hydrogens (tertiary/aromatic N) is 1. The summed E-state index contributed by atoms with van der Waals surface area (Å²) in [6, 6.07) is 9.53. The second kappa shape index (κ2) is 5.60. The topological polar surface area (TPSA) is 59.0 Å². The summed E-state index contributed by atoms with van der Waals surface area (Å²) in [7, 11) is 1.50. The van der Waals surface area contributed by atoms with Gasteiger partial charge in [-0.25, -0.2) is 0 Å². The van der Waals surface area contributed by atoms with E-state index in [0.717, 1.165) is 11.1 Å². The predicted molar refractivity (Wildman–Crippen MR) is 77.5 cm³/mol. The van der Waals surface area contributed by atoms with Crippen LogP contribution in [0.25, 0.3) is 5.57 Å². The molecule has 5 nitrogen and oxygen atoms in total. The van der Waals surface area contributed by atoms with Crippen molar-refractivity contribution in [2.24, 2.45) is 0 Å². The first-order valence-electron chi connectivity index (χ1n) is 7.01. The van der Waals surface area contributed by atoms with Gasteiger partial charge in [0.25, 0.3) is 5.91 Å². The third kappa shape index (κ3) is 2.27. The van der Waals surface area contributed by atoms with Crippen LogP contribution in [0.4, 0.5) is 0 Å². The van der Waals surface area contributed by atoms with Gasteiger partial charge in [0.1, 0.15) is 12.2 Å². The summed E-state index contributed by atoms with van der Waals surface area (Å²) >= 11 is 0. The highest BCUT2D eigenvalue weighted by Gasteiger charge is 2.55. The molecule has 2 saturated heterocycles. The molecule has 2 fully saturated rings. The van der Waals surface area contributed by atoms with Crippen LogP contribution in [0.15, 0.2) is 36.9 Å². The minimum atomic E-state index is -0.506. The summed E-state index contributed by atoms with van der Waals surface area (Å²) in [5, 5.41) is 9.53. The molecule has 3 rings (SSSR count). The van der Waals surface area contributed by atoms with Crippen molar-refractivity contribution in [1.82, 2.24) is 4.90 Å². The van der Waals surface area contributed by atoms with Crippen LogP contribution >= 0.6 is 0 Å². The van der Waals surface area contributed by atoms with E-state index in [1.165, 1.54) is 7.11 Å². The van der Waals surface area contributed by atoms with Gasteiger partial charge in [-0.3, -0.25) is 4.79 Å². The summed E-state index contributed by atoms with van der Waals surface area (Å²) < 4.78 is 11.1. The molecule has 112 valence electrons. The number of ether oxygens (including phenoxy) is 2. The lowest BCUT2D eigenvalue weighted by Crippen LogP contribution is -2.74. The van der Waals surface area contributed by atoms with E-state index in [4.69, 9.17) is 9.47 Å². The molecule has 1 aromatic carbocycles. The Labute approximate surface area is 123 Å². The lowest BCUT2D eigenvalue weighted by Gasteiger charge is -2.54. The van der Waals surface area contributed by atoms with Gasteiger partial charge in [-0.05, 0) is 11.1 Å². The Kier molecular flexibility index (Phi) is 3.80. The molecule has 0 unspecified atom stereocenters. The van der Waals surface area contributed by atoms with Crippen molar-refractivity contribution in [3.63, 3.8) is 0 Å². The van der Waals surface area contributed by atoms with Crippen molar-refractivity contribution < 1.29 is 19.4 Å². The Hall–Kier alpha value is -1.69. The molecule has 0 radical (unpaired) electrons. The number of hydrogen-bond donors (Lipinski definition) is 1. The van der Waals surface area contributed by atoms with Gasteiger partial charge in [-0.15, -0.1) is 0 Å². The van der Waals surface area contributed by atoms with E-state index >= 15 is 0 Å². The molecule has 1 amide bonds. The van der Waals surface area contributed by atoms with E-state index in [1.807, 2.05) is 30.3 Å². The maximum Gasteiger partial charge on any atom is 0.254 e. The van der Waals surface area contributed by atoms with Crippen molar-refractivity contribution in [3.05, 3.63) is 42.5 Å².